The van der Waals surface area contributed by atoms with E-state index in [0.717, 1.165) is 70.0 Å². The highest BCUT2D eigenvalue weighted by Gasteiger charge is 2.48. The lowest BCUT2D eigenvalue weighted by atomic mass is 9.76. The van der Waals surface area contributed by atoms with Crippen LogP contribution >= 0.6 is 11.3 Å². The number of thiophene rings is 1. The Balaban J connectivity index is 1.36. The quantitative estimate of drug-likeness (QED) is 0.767. The van der Waals surface area contributed by atoms with Crippen LogP contribution in [-0.4, -0.2) is 97.4 Å². The number of nitrogens with zero attached hydrogens (tertiary/aromatic N) is 4. The summed E-state index contributed by atoms with van der Waals surface area (Å²) in [5.41, 5.74) is 0.188. The average Bonchev–Trinajstić information content (AvgIpc) is 3.31. The molecule has 3 fully saturated rings. The highest BCUT2D eigenvalue weighted by molar-refractivity contribution is 7.12. The first kappa shape index (κ1) is 18.9. The average molecular weight is 391 g/mol. The predicted molar refractivity (Wildman–Crippen MR) is 107 cm³/mol. The number of rotatable bonds is 2. The monoisotopic (exact) mass is 390 g/mol. The zero-order chi connectivity index (χ0) is 19.0. The van der Waals surface area contributed by atoms with E-state index in [1.54, 1.807) is 0 Å². The van der Waals surface area contributed by atoms with Crippen molar-refractivity contribution in [2.24, 2.45) is 5.41 Å². The summed E-state index contributed by atoms with van der Waals surface area (Å²) in [5.74, 6) is 0.468. The van der Waals surface area contributed by atoms with Gasteiger partial charge in [0.05, 0.1) is 10.9 Å². The fraction of sp³-hybridized carbons (Fsp3) is 0.700. The molecule has 0 N–H and O–H groups in total. The number of piperazine rings is 1. The smallest absolute Gasteiger partial charge is 0.263 e. The van der Waals surface area contributed by atoms with Gasteiger partial charge in [-0.2, -0.15) is 0 Å². The predicted octanol–water partition coefficient (Wildman–Crippen LogP) is 1.45. The molecule has 4 heterocycles. The van der Waals surface area contributed by atoms with Crippen LogP contribution in [0.2, 0.25) is 0 Å². The maximum atomic E-state index is 13.1. The van der Waals surface area contributed by atoms with Crippen molar-refractivity contribution in [3.8, 4) is 0 Å². The lowest BCUT2D eigenvalue weighted by molar-refractivity contribution is -0.137. The third-order valence-electron chi connectivity index (χ3n) is 6.69. The van der Waals surface area contributed by atoms with Gasteiger partial charge in [0, 0.05) is 45.8 Å². The Kier molecular flexibility index (Phi) is 5.27. The molecular weight excluding hydrogens is 360 g/mol. The molecule has 148 valence electrons. The highest BCUT2D eigenvalue weighted by Crippen LogP contribution is 2.43. The molecule has 3 aliphatic heterocycles. The molecule has 1 atom stereocenters. The summed E-state index contributed by atoms with van der Waals surface area (Å²) >= 11 is 1.52. The molecule has 2 amide bonds. The minimum absolute atomic E-state index is 0.00736. The van der Waals surface area contributed by atoms with Crippen LogP contribution in [-0.2, 0) is 4.79 Å². The summed E-state index contributed by atoms with van der Waals surface area (Å²) in [6.45, 7) is 6.20. The Labute approximate surface area is 165 Å². The molecular formula is C20H30N4O2S. The molecule has 7 heteroatoms. The summed E-state index contributed by atoms with van der Waals surface area (Å²) in [6, 6.07) is 3.85. The van der Waals surface area contributed by atoms with Crippen LogP contribution in [0.15, 0.2) is 17.5 Å². The maximum Gasteiger partial charge on any atom is 0.263 e. The van der Waals surface area contributed by atoms with Gasteiger partial charge in [-0.15, -0.1) is 11.3 Å². The maximum absolute atomic E-state index is 13.1. The van der Waals surface area contributed by atoms with Crippen LogP contribution in [0.3, 0.4) is 0 Å². The van der Waals surface area contributed by atoms with Crippen molar-refractivity contribution in [1.29, 1.82) is 0 Å². The number of carbonyl (C=O) groups excluding carboxylic acids is 2. The van der Waals surface area contributed by atoms with Gasteiger partial charge in [-0.25, -0.2) is 0 Å². The van der Waals surface area contributed by atoms with Crippen LogP contribution < -0.4 is 0 Å². The first-order valence-electron chi connectivity index (χ1n) is 9.98. The Morgan fingerprint density at radius 3 is 2.37 bits per heavy atom. The highest BCUT2D eigenvalue weighted by atomic mass is 32.1. The summed E-state index contributed by atoms with van der Waals surface area (Å²) in [7, 11) is 4.21. The van der Waals surface area contributed by atoms with Crippen LogP contribution in [0.5, 0.6) is 0 Å². The molecule has 1 spiro atoms. The first-order chi connectivity index (χ1) is 13.0. The van der Waals surface area contributed by atoms with Crippen molar-refractivity contribution < 1.29 is 9.59 Å². The van der Waals surface area contributed by atoms with Gasteiger partial charge in [-0.3, -0.25) is 14.5 Å². The summed E-state index contributed by atoms with van der Waals surface area (Å²) in [4.78, 5) is 35.1. The van der Waals surface area contributed by atoms with Crippen LogP contribution in [0.1, 0.15) is 28.9 Å². The van der Waals surface area contributed by atoms with Crippen LogP contribution in [0.4, 0.5) is 0 Å². The van der Waals surface area contributed by atoms with Crippen molar-refractivity contribution in [3.05, 3.63) is 22.4 Å². The summed E-state index contributed by atoms with van der Waals surface area (Å²) in [6.07, 6.45) is 2.94. The molecule has 0 radical (unpaired) electrons. The van der Waals surface area contributed by atoms with Crippen molar-refractivity contribution in [2.45, 2.75) is 25.3 Å². The number of carbonyl (C=O) groups is 2. The molecule has 27 heavy (non-hydrogen) atoms. The minimum atomic E-state index is 0.00736. The van der Waals surface area contributed by atoms with Gasteiger partial charge in [-0.05, 0) is 50.2 Å². The largest absolute Gasteiger partial charge is 0.339 e. The van der Waals surface area contributed by atoms with Gasteiger partial charge in [0.15, 0.2) is 0 Å². The fourth-order valence-corrected chi connectivity index (χ4v) is 5.58. The zero-order valence-corrected chi connectivity index (χ0v) is 17.2. The number of piperidine rings is 1. The Hall–Kier alpha value is -1.44. The Morgan fingerprint density at radius 1 is 1.04 bits per heavy atom. The van der Waals surface area contributed by atoms with Crippen LogP contribution in [0, 0.1) is 5.41 Å². The number of hydrogen-bond acceptors (Lipinski definition) is 5. The topological polar surface area (TPSA) is 47.1 Å². The van der Waals surface area contributed by atoms with Gasteiger partial charge < -0.3 is 14.7 Å². The molecule has 0 aliphatic carbocycles. The molecule has 1 aromatic heterocycles. The van der Waals surface area contributed by atoms with Crippen molar-refractivity contribution in [1.82, 2.24) is 19.6 Å². The molecule has 1 unspecified atom stereocenters. The molecule has 0 saturated carbocycles. The summed E-state index contributed by atoms with van der Waals surface area (Å²) < 4.78 is 0. The van der Waals surface area contributed by atoms with Gasteiger partial charge in [0.1, 0.15) is 0 Å². The second-order valence-electron chi connectivity index (χ2n) is 8.53. The lowest BCUT2D eigenvalue weighted by Crippen LogP contribution is -2.52. The minimum Gasteiger partial charge on any atom is -0.339 e. The molecule has 1 aromatic rings. The summed E-state index contributed by atoms with van der Waals surface area (Å²) in [5, 5.41) is 1.96. The van der Waals surface area contributed by atoms with E-state index in [9.17, 15) is 9.59 Å². The van der Waals surface area contributed by atoms with E-state index in [1.165, 1.54) is 11.3 Å². The third kappa shape index (κ3) is 3.77. The SMILES string of the molecule is CN1CCN(C(=O)C2CC3(CCN(C(=O)c4cccs4)CC3)CN2C)CC1. The van der Waals surface area contributed by atoms with Gasteiger partial charge in [0.25, 0.3) is 5.91 Å². The molecule has 3 aliphatic rings. The number of hydrogen-bond donors (Lipinski definition) is 0. The van der Waals surface area contributed by atoms with Crippen LogP contribution in [0.25, 0.3) is 0 Å². The van der Waals surface area contributed by atoms with E-state index < -0.39 is 0 Å². The number of likely N-dealkylation sites (tertiary alicyclic amines) is 2. The second kappa shape index (κ2) is 7.53. The normalized spacial score (nSPS) is 26.7. The molecule has 0 bridgehead atoms. The molecule has 4 rings (SSSR count). The number of likely N-dealkylation sites (N-methyl/N-ethyl adjacent to an activating group) is 2. The van der Waals surface area contributed by atoms with Crippen molar-refractivity contribution >= 4 is 23.2 Å². The van der Waals surface area contributed by atoms with Gasteiger partial charge in [-0.1, -0.05) is 6.07 Å². The van der Waals surface area contributed by atoms with E-state index >= 15 is 0 Å². The van der Waals surface area contributed by atoms with E-state index in [1.807, 2.05) is 22.4 Å². The molecule has 6 nitrogen and oxygen atoms in total. The van der Waals surface area contributed by atoms with E-state index in [2.05, 4.69) is 28.8 Å². The number of amides is 2. The van der Waals surface area contributed by atoms with Crippen molar-refractivity contribution in [2.75, 3.05) is 59.9 Å². The van der Waals surface area contributed by atoms with Gasteiger partial charge in [0.2, 0.25) is 5.91 Å². The molecule has 3 saturated heterocycles. The Bertz CT molecular complexity index is 676. The lowest BCUT2D eigenvalue weighted by Gasteiger charge is -2.39. The zero-order valence-electron chi connectivity index (χ0n) is 16.4. The second-order valence-corrected chi connectivity index (χ2v) is 9.48. The fourth-order valence-electron chi connectivity index (χ4n) is 4.89. The van der Waals surface area contributed by atoms with E-state index in [4.69, 9.17) is 0 Å². The van der Waals surface area contributed by atoms with E-state index in [0.29, 0.717) is 5.91 Å². The standard InChI is InChI=1S/C20H30N4O2S/c1-21-9-11-24(12-10-21)18(25)16-14-20(15-22(16)2)5-7-23(8-6-20)19(26)17-4-3-13-27-17/h3-4,13,16H,5-12,14-15H2,1-2H3. The van der Waals surface area contributed by atoms with Gasteiger partial charge >= 0.3 is 0 Å². The third-order valence-corrected chi connectivity index (χ3v) is 7.54. The van der Waals surface area contributed by atoms with Crippen molar-refractivity contribution in [3.63, 3.8) is 0 Å². The Morgan fingerprint density at radius 2 is 1.74 bits per heavy atom. The van der Waals surface area contributed by atoms with E-state index in [-0.39, 0.29) is 17.4 Å². The molecule has 0 aromatic carbocycles. The first-order valence-corrected chi connectivity index (χ1v) is 10.9.